The lowest BCUT2D eigenvalue weighted by atomic mass is 9.66. The first-order valence-electron chi connectivity index (χ1n) is 9.27. The van der Waals surface area contributed by atoms with Crippen LogP contribution in [0.3, 0.4) is 0 Å². The molecule has 8 heteroatoms. The Morgan fingerprint density at radius 1 is 1.12 bits per heavy atom. The second-order valence-corrected chi connectivity index (χ2v) is 9.03. The highest BCUT2D eigenvalue weighted by Gasteiger charge is 2.58. The van der Waals surface area contributed by atoms with Gasteiger partial charge in [0.2, 0.25) is 0 Å². The summed E-state index contributed by atoms with van der Waals surface area (Å²) in [6.07, 6.45) is -0.439. The molecule has 0 aromatic heterocycles. The van der Waals surface area contributed by atoms with Crippen LogP contribution in [0.25, 0.3) is 0 Å². The molecule has 0 radical (unpaired) electrons. The van der Waals surface area contributed by atoms with Crippen molar-refractivity contribution < 1.29 is 28.4 Å². The molecule has 0 bridgehead atoms. The highest BCUT2D eigenvalue weighted by atomic mass is 16.7. The SMILES string of the molecule is CCOC(=O)C1CN(C(=O)OC(C)(C)C)CC1B1OC(C)(C)C(C)(C)O1. The van der Waals surface area contributed by atoms with Gasteiger partial charge in [0.05, 0.1) is 23.7 Å². The van der Waals surface area contributed by atoms with E-state index in [1.165, 1.54) is 0 Å². The molecule has 7 nitrogen and oxygen atoms in total. The highest BCUT2D eigenvalue weighted by Crippen LogP contribution is 2.44. The van der Waals surface area contributed by atoms with E-state index in [0.717, 1.165) is 0 Å². The molecule has 26 heavy (non-hydrogen) atoms. The van der Waals surface area contributed by atoms with E-state index in [-0.39, 0.29) is 24.9 Å². The summed E-state index contributed by atoms with van der Waals surface area (Å²) in [4.78, 5) is 26.5. The van der Waals surface area contributed by atoms with Gasteiger partial charge in [-0.2, -0.15) is 0 Å². The molecule has 148 valence electrons. The zero-order valence-corrected chi connectivity index (χ0v) is 17.3. The van der Waals surface area contributed by atoms with Crippen LogP contribution in [0.1, 0.15) is 55.4 Å². The maximum atomic E-state index is 12.5. The topological polar surface area (TPSA) is 74.3 Å². The lowest BCUT2D eigenvalue weighted by Crippen LogP contribution is -2.41. The molecule has 2 heterocycles. The fourth-order valence-electron chi connectivity index (χ4n) is 3.14. The number of rotatable bonds is 3. The standard InChI is InChI=1S/C18H32BNO6/c1-9-23-14(21)12-10-20(15(22)24-16(2,3)4)11-13(12)19-25-17(5,6)18(7,8)26-19/h12-13H,9-11H2,1-8H3. The van der Waals surface area contributed by atoms with Gasteiger partial charge in [0.15, 0.2) is 0 Å². The third-order valence-electron chi connectivity index (χ3n) is 5.23. The number of carbonyl (C=O) groups is 2. The van der Waals surface area contributed by atoms with E-state index >= 15 is 0 Å². The zero-order chi connectivity index (χ0) is 19.9. The first kappa shape index (κ1) is 21.0. The minimum Gasteiger partial charge on any atom is -0.466 e. The molecule has 1 amide bonds. The predicted octanol–water partition coefficient (Wildman–Crippen LogP) is 2.88. The predicted molar refractivity (Wildman–Crippen MR) is 97.8 cm³/mol. The number of carbonyl (C=O) groups excluding carboxylic acids is 2. The van der Waals surface area contributed by atoms with E-state index in [1.807, 2.05) is 48.5 Å². The van der Waals surface area contributed by atoms with Gasteiger partial charge in [0, 0.05) is 18.9 Å². The minimum absolute atomic E-state index is 0.239. The number of amides is 1. The molecule has 2 rings (SSSR count). The first-order chi connectivity index (χ1) is 11.8. The van der Waals surface area contributed by atoms with Crippen molar-refractivity contribution >= 4 is 19.2 Å². The Labute approximate surface area is 156 Å². The van der Waals surface area contributed by atoms with Gasteiger partial charge in [-0.1, -0.05) is 0 Å². The molecule has 2 saturated heterocycles. The van der Waals surface area contributed by atoms with E-state index < -0.39 is 35.9 Å². The maximum Gasteiger partial charge on any atom is 0.463 e. The molecule has 0 spiro atoms. The van der Waals surface area contributed by atoms with Crippen LogP contribution in [0.5, 0.6) is 0 Å². The van der Waals surface area contributed by atoms with Crippen LogP contribution >= 0.6 is 0 Å². The van der Waals surface area contributed by atoms with Gasteiger partial charge in [-0.05, 0) is 55.4 Å². The normalized spacial score (nSPS) is 27.5. The summed E-state index contributed by atoms with van der Waals surface area (Å²) in [7, 11) is -0.582. The first-order valence-corrected chi connectivity index (χ1v) is 9.27. The summed E-state index contributed by atoms with van der Waals surface area (Å²) in [6.45, 7) is 15.9. The Balaban J connectivity index is 2.19. The summed E-state index contributed by atoms with van der Waals surface area (Å²) < 4.78 is 22.9. The van der Waals surface area contributed by atoms with Crippen molar-refractivity contribution in [2.75, 3.05) is 19.7 Å². The van der Waals surface area contributed by atoms with Crippen molar-refractivity contribution in [1.29, 1.82) is 0 Å². The number of likely N-dealkylation sites (tertiary alicyclic amines) is 1. The van der Waals surface area contributed by atoms with Crippen molar-refractivity contribution in [2.45, 2.75) is 78.0 Å². The van der Waals surface area contributed by atoms with Crippen molar-refractivity contribution in [3.63, 3.8) is 0 Å². The van der Waals surface area contributed by atoms with Crippen LogP contribution in [0.15, 0.2) is 0 Å². The van der Waals surface area contributed by atoms with Gasteiger partial charge in [0.1, 0.15) is 5.60 Å². The Bertz CT molecular complexity index is 540. The largest absolute Gasteiger partial charge is 0.466 e. The van der Waals surface area contributed by atoms with Gasteiger partial charge >= 0.3 is 19.2 Å². The zero-order valence-electron chi connectivity index (χ0n) is 17.3. The quantitative estimate of drug-likeness (QED) is 0.563. The fourth-order valence-corrected chi connectivity index (χ4v) is 3.14. The average Bonchev–Trinajstić information content (AvgIpc) is 2.97. The van der Waals surface area contributed by atoms with Crippen LogP contribution in [-0.2, 0) is 23.6 Å². The molecule has 2 atom stereocenters. The molecule has 2 aliphatic rings. The van der Waals surface area contributed by atoms with Crippen LogP contribution in [0, 0.1) is 5.92 Å². The third-order valence-corrected chi connectivity index (χ3v) is 5.23. The molecule has 0 saturated carbocycles. The summed E-state index contributed by atoms with van der Waals surface area (Å²) in [6, 6.07) is 0. The van der Waals surface area contributed by atoms with Crippen LogP contribution in [-0.4, -0.2) is 60.6 Å². The lowest BCUT2D eigenvalue weighted by molar-refractivity contribution is -0.147. The van der Waals surface area contributed by atoms with E-state index in [2.05, 4.69) is 0 Å². The number of esters is 1. The van der Waals surface area contributed by atoms with Crippen molar-refractivity contribution in [3.8, 4) is 0 Å². The van der Waals surface area contributed by atoms with Gasteiger partial charge in [-0.25, -0.2) is 4.79 Å². The summed E-state index contributed by atoms with van der Waals surface area (Å²) >= 11 is 0. The number of hydrogen-bond donors (Lipinski definition) is 0. The van der Waals surface area contributed by atoms with Crippen molar-refractivity contribution in [3.05, 3.63) is 0 Å². The Hall–Kier alpha value is -1.28. The monoisotopic (exact) mass is 369 g/mol. The van der Waals surface area contributed by atoms with Crippen molar-refractivity contribution in [1.82, 2.24) is 4.90 Å². The van der Waals surface area contributed by atoms with E-state index in [0.29, 0.717) is 6.54 Å². The number of ether oxygens (including phenoxy) is 2. The Kier molecular flexibility index (Phi) is 5.69. The fraction of sp³-hybridized carbons (Fsp3) is 0.889. The lowest BCUT2D eigenvalue weighted by Gasteiger charge is -2.32. The molecule has 2 aliphatic heterocycles. The van der Waals surface area contributed by atoms with Crippen molar-refractivity contribution in [2.24, 2.45) is 5.92 Å². The molecule has 0 aliphatic carbocycles. The molecule has 0 aromatic carbocycles. The molecular weight excluding hydrogens is 337 g/mol. The van der Waals surface area contributed by atoms with Crippen LogP contribution in [0.2, 0.25) is 5.82 Å². The van der Waals surface area contributed by atoms with Crippen LogP contribution < -0.4 is 0 Å². The van der Waals surface area contributed by atoms with E-state index in [1.54, 1.807) is 11.8 Å². The highest BCUT2D eigenvalue weighted by molar-refractivity contribution is 6.48. The maximum absolute atomic E-state index is 12.5. The average molecular weight is 369 g/mol. The van der Waals surface area contributed by atoms with Gasteiger partial charge in [-0.3, -0.25) is 4.79 Å². The minimum atomic E-state index is -0.598. The Morgan fingerprint density at radius 3 is 2.12 bits per heavy atom. The van der Waals surface area contributed by atoms with Gasteiger partial charge in [0.25, 0.3) is 0 Å². The summed E-state index contributed by atoms with van der Waals surface area (Å²) in [5.41, 5.74) is -1.61. The molecule has 0 N–H and O–H groups in total. The smallest absolute Gasteiger partial charge is 0.463 e. The molecular formula is C18H32BNO6. The molecule has 2 fully saturated rings. The number of nitrogens with zero attached hydrogens (tertiary/aromatic N) is 1. The summed E-state index contributed by atoms with van der Waals surface area (Å²) in [5.74, 6) is -1.14. The summed E-state index contributed by atoms with van der Waals surface area (Å²) in [5, 5.41) is 0. The second kappa shape index (κ2) is 7.04. The van der Waals surface area contributed by atoms with Gasteiger partial charge < -0.3 is 23.7 Å². The van der Waals surface area contributed by atoms with E-state index in [9.17, 15) is 9.59 Å². The van der Waals surface area contributed by atoms with E-state index in [4.69, 9.17) is 18.8 Å². The second-order valence-electron chi connectivity index (χ2n) is 9.03. The number of hydrogen-bond acceptors (Lipinski definition) is 6. The Morgan fingerprint density at radius 2 is 1.65 bits per heavy atom. The van der Waals surface area contributed by atoms with Crippen LogP contribution in [0.4, 0.5) is 4.79 Å². The molecule has 2 unspecified atom stereocenters. The van der Waals surface area contributed by atoms with Gasteiger partial charge in [-0.15, -0.1) is 0 Å². The molecule has 0 aromatic rings. The third kappa shape index (κ3) is 4.34.